The Bertz CT molecular complexity index is 819. The van der Waals surface area contributed by atoms with Crippen molar-refractivity contribution in [3.63, 3.8) is 0 Å². The SMILES string of the molecule is CN(C12CC(N(Cc3ccccc3)Cc3ccccc3)(C1)C2)S(C)(=O)=O. The van der Waals surface area contributed by atoms with Crippen molar-refractivity contribution in [3.05, 3.63) is 71.8 Å². The molecule has 0 aromatic heterocycles. The van der Waals surface area contributed by atoms with Crippen LogP contribution in [-0.4, -0.2) is 42.0 Å². The van der Waals surface area contributed by atoms with Crippen molar-refractivity contribution in [3.8, 4) is 0 Å². The quantitative estimate of drug-likeness (QED) is 0.751. The molecule has 5 heteroatoms. The highest BCUT2D eigenvalue weighted by atomic mass is 32.2. The van der Waals surface area contributed by atoms with E-state index in [0.717, 1.165) is 32.4 Å². The molecule has 3 aliphatic rings. The molecule has 3 fully saturated rings. The zero-order chi connectivity index (χ0) is 18.4. The first-order valence-electron chi connectivity index (χ1n) is 9.10. The van der Waals surface area contributed by atoms with Gasteiger partial charge in [0.25, 0.3) is 0 Å². The van der Waals surface area contributed by atoms with Gasteiger partial charge in [-0.1, -0.05) is 60.7 Å². The second kappa shape index (κ2) is 6.19. The second-order valence-corrected chi connectivity index (χ2v) is 10.1. The molecule has 0 radical (unpaired) electrons. The number of nitrogens with zero attached hydrogens (tertiary/aromatic N) is 2. The molecule has 2 aromatic rings. The third-order valence-corrected chi connectivity index (χ3v) is 7.63. The Hall–Kier alpha value is -1.69. The number of hydrogen-bond acceptors (Lipinski definition) is 3. The smallest absolute Gasteiger partial charge is 0.211 e. The average molecular weight is 371 g/mol. The molecule has 0 heterocycles. The summed E-state index contributed by atoms with van der Waals surface area (Å²) in [6.07, 6.45) is 4.11. The summed E-state index contributed by atoms with van der Waals surface area (Å²) in [4.78, 5) is 2.55. The molecule has 0 atom stereocenters. The number of rotatable bonds is 7. The van der Waals surface area contributed by atoms with Crippen molar-refractivity contribution in [2.24, 2.45) is 0 Å². The Morgan fingerprint density at radius 3 is 1.62 bits per heavy atom. The minimum absolute atomic E-state index is 0.130. The fourth-order valence-electron chi connectivity index (χ4n) is 4.70. The first-order valence-corrected chi connectivity index (χ1v) is 10.9. The van der Waals surface area contributed by atoms with Crippen LogP contribution in [0, 0.1) is 0 Å². The number of sulfonamides is 1. The predicted molar refractivity (Wildman–Crippen MR) is 104 cm³/mol. The third-order valence-electron chi connectivity index (χ3n) is 6.24. The number of benzene rings is 2. The van der Waals surface area contributed by atoms with Crippen LogP contribution in [0.4, 0.5) is 0 Å². The minimum Gasteiger partial charge on any atom is -0.289 e. The topological polar surface area (TPSA) is 40.6 Å². The van der Waals surface area contributed by atoms with Gasteiger partial charge in [0.1, 0.15) is 0 Å². The summed E-state index contributed by atoms with van der Waals surface area (Å²) >= 11 is 0. The lowest BCUT2D eigenvalue weighted by molar-refractivity contribution is -0.211. The molecule has 4 nitrogen and oxygen atoms in total. The third kappa shape index (κ3) is 2.98. The summed E-state index contributed by atoms with van der Waals surface area (Å²) in [6.45, 7) is 1.79. The van der Waals surface area contributed by atoms with E-state index < -0.39 is 10.0 Å². The molecule has 0 unspecified atom stereocenters. The maximum absolute atomic E-state index is 12.0. The normalized spacial score (nSPS) is 27.2. The van der Waals surface area contributed by atoms with Crippen LogP contribution >= 0.6 is 0 Å². The van der Waals surface area contributed by atoms with Gasteiger partial charge in [0.2, 0.25) is 10.0 Å². The van der Waals surface area contributed by atoms with Gasteiger partial charge in [-0.15, -0.1) is 0 Å². The van der Waals surface area contributed by atoms with Crippen molar-refractivity contribution < 1.29 is 8.42 Å². The molecular weight excluding hydrogens is 344 g/mol. The van der Waals surface area contributed by atoms with Crippen molar-refractivity contribution >= 4 is 10.0 Å². The van der Waals surface area contributed by atoms with E-state index in [4.69, 9.17) is 0 Å². The highest BCUT2D eigenvalue weighted by Crippen LogP contribution is 2.67. The lowest BCUT2D eigenvalue weighted by Crippen LogP contribution is -2.83. The van der Waals surface area contributed by atoms with Crippen LogP contribution in [-0.2, 0) is 23.1 Å². The van der Waals surface area contributed by atoms with Gasteiger partial charge in [-0.3, -0.25) is 4.90 Å². The van der Waals surface area contributed by atoms with E-state index in [1.165, 1.54) is 17.4 Å². The van der Waals surface area contributed by atoms with Gasteiger partial charge >= 0.3 is 0 Å². The van der Waals surface area contributed by atoms with Crippen molar-refractivity contribution in [1.29, 1.82) is 0 Å². The summed E-state index contributed by atoms with van der Waals surface area (Å²) in [7, 11) is -1.41. The van der Waals surface area contributed by atoms with E-state index in [9.17, 15) is 8.42 Å². The maximum atomic E-state index is 12.0. The Morgan fingerprint density at radius 2 is 1.23 bits per heavy atom. The molecule has 0 aliphatic heterocycles. The molecule has 3 aliphatic carbocycles. The zero-order valence-electron chi connectivity index (χ0n) is 15.4. The van der Waals surface area contributed by atoms with Crippen molar-refractivity contribution in [2.45, 2.75) is 43.4 Å². The van der Waals surface area contributed by atoms with Crippen LogP contribution in [0.2, 0.25) is 0 Å². The lowest BCUT2D eigenvalue weighted by Gasteiger charge is -2.75. The van der Waals surface area contributed by atoms with E-state index in [1.54, 1.807) is 11.4 Å². The van der Waals surface area contributed by atoms with Gasteiger partial charge in [-0.25, -0.2) is 8.42 Å². The summed E-state index contributed by atoms with van der Waals surface area (Å²) in [5.41, 5.74) is 2.58. The first-order chi connectivity index (χ1) is 12.3. The monoisotopic (exact) mass is 370 g/mol. The van der Waals surface area contributed by atoms with Gasteiger partial charge in [0, 0.05) is 31.2 Å². The fraction of sp³-hybridized carbons (Fsp3) is 0.429. The Morgan fingerprint density at radius 1 is 0.808 bits per heavy atom. The van der Waals surface area contributed by atoms with Crippen molar-refractivity contribution in [2.75, 3.05) is 13.3 Å². The molecule has 26 heavy (non-hydrogen) atoms. The Labute approximate surface area is 156 Å². The van der Waals surface area contributed by atoms with E-state index >= 15 is 0 Å². The summed E-state index contributed by atoms with van der Waals surface area (Å²) in [5.74, 6) is 0. The van der Waals surface area contributed by atoms with E-state index in [0.29, 0.717) is 0 Å². The predicted octanol–water partition coefficient (Wildman–Crippen LogP) is 3.26. The van der Waals surface area contributed by atoms with Gasteiger partial charge in [-0.2, -0.15) is 4.31 Å². The Balaban J connectivity index is 1.54. The van der Waals surface area contributed by atoms with Crippen LogP contribution in [0.3, 0.4) is 0 Å². The van der Waals surface area contributed by atoms with Gasteiger partial charge in [-0.05, 0) is 30.4 Å². The molecule has 0 amide bonds. The van der Waals surface area contributed by atoms with Crippen LogP contribution < -0.4 is 0 Å². The molecule has 2 aromatic carbocycles. The minimum atomic E-state index is -3.14. The summed E-state index contributed by atoms with van der Waals surface area (Å²) < 4.78 is 25.5. The highest BCUT2D eigenvalue weighted by Gasteiger charge is 2.72. The molecule has 3 saturated carbocycles. The van der Waals surface area contributed by atoms with Crippen molar-refractivity contribution in [1.82, 2.24) is 9.21 Å². The largest absolute Gasteiger partial charge is 0.289 e. The molecular formula is C21H26N2O2S. The highest BCUT2D eigenvalue weighted by molar-refractivity contribution is 7.88. The zero-order valence-corrected chi connectivity index (χ0v) is 16.2. The molecule has 5 rings (SSSR count). The van der Waals surface area contributed by atoms with E-state index in [-0.39, 0.29) is 11.1 Å². The van der Waals surface area contributed by atoms with Crippen LogP contribution in [0.15, 0.2) is 60.7 Å². The maximum Gasteiger partial charge on any atom is 0.211 e. The average Bonchev–Trinajstić information content (AvgIpc) is 2.53. The van der Waals surface area contributed by atoms with Gasteiger partial charge < -0.3 is 0 Å². The number of hydrogen-bond donors (Lipinski definition) is 0. The van der Waals surface area contributed by atoms with Gasteiger partial charge in [0.05, 0.1) is 6.26 Å². The summed E-state index contributed by atoms with van der Waals surface area (Å²) in [6, 6.07) is 21.1. The molecule has 0 spiro atoms. The first kappa shape index (κ1) is 17.7. The van der Waals surface area contributed by atoms with E-state index in [2.05, 4.69) is 53.4 Å². The lowest BCUT2D eigenvalue weighted by atomic mass is 9.43. The van der Waals surface area contributed by atoms with E-state index in [1.807, 2.05) is 12.1 Å². The van der Waals surface area contributed by atoms with Crippen LogP contribution in [0.1, 0.15) is 30.4 Å². The second-order valence-electron chi connectivity index (χ2n) is 8.04. The molecule has 2 bridgehead atoms. The molecule has 0 saturated heterocycles. The standard InChI is InChI=1S/C21H26N2O2S/c1-22(26(2,24)25)20-15-21(16-20,17-20)23(13-18-9-5-3-6-10-18)14-19-11-7-4-8-12-19/h3-12H,13-17H2,1-2H3. The van der Waals surface area contributed by atoms with Crippen LogP contribution in [0.5, 0.6) is 0 Å². The summed E-state index contributed by atoms with van der Waals surface area (Å²) in [5, 5.41) is 0. The Kier molecular flexibility index (Phi) is 4.21. The molecule has 0 N–H and O–H groups in total. The van der Waals surface area contributed by atoms with Crippen LogP contribution in [0.25, 0.3) is 0 Å². The molecule has 138 valence electrons. The van der Waals surface area contributed by atoms with Gasteiger partial charge in [0.15, 0.2) is 0 Å². The fourth-order valence-corrected chi connectivity index (χ4v) is 5.60.